The molecule has 18 heavy (non-hydrogen) atoms. The summed E-state index contributed by atoms with van der Waals surface area (Å²) in [5.74, 6) is -0.0684. The van der Waals surface area contributed by atoms with Crippen LogP contribution in [0, 0.1) is 5.82 Å². The van der Waals surface area contributed by atoms with E-state index in [0.717, 1.165) is 6.07 Å². The van der Waals surface area contributed by atoms with Crippen molar-refractivity contribution in [2.24, 2.45) is 0 Å². The number of hydrogen-bond acceptors (Lipinski definition) is 4. The first-order valence-corrected chi connectivity index (χ1v) is 8.35. The van der Waals surface area contributed by atoms with Crippen molar-refractivity contribution in [3.05, 3.63) is 24.0 Å². The van der Waals surface area contributed by atoms with Crippen LogP contribution < -0.4 is 10.5 Å². The second-order valence-corrected chi connectivity index (χ2v) is 6.43. The van der Waals surface area contributed by atoms with E-state index in [1.165, 1.54) is 12.1 Å². The van der Waals surface area contributed by atoms with Crippen molar-refractivity contribution >= 4 is 27.5 Å². The summed E-state index contributed by atoms with van der Waals surface area (Å²) in [6, 6.07) is 3.57. The molecule has 0 saturated carbocycles. The van der Waals surface area contributed by atoms with E-state index in [4.69, 9.17) is 5.73 Å². The first-order valence-electron chi connectivity index (χ1n) is 5.47. The number of nitrogens with one attached hydrogen (secondary N) is 1. The normalized spacial score (nSPS) is 13.5. The topological polar surface area (TPSA) is 72.2 Å². The standard InChI is InChI=1S/C11H17FN2O2S2/c1-3-8(7-17-2)14-18(15,16)10-6-4-5-9(12)11(10)13/h4-6,8,14H,3,7,13H2,1-2H3. The van der Waals surface area contributed by atoms with Gasteiger partial charge < -0.3 is 5.73 Å². The van der Waals surface area contributed by atoms with Crippen molar-refractivity contribution in [3.63, 3.8) is 0 Å². The molecule has 0 aliphatic carbocycles. The quantitative estimate of drug-likeness (QED) is 0.785. The zero-order valence-corrected chi connectivity index (χ0v) is 11.9. The van der Waals surface area contributed by atoms with Crippen LogP contribution in [-0.2, 0) is 10.0 Å². The molecule has 0 heterocycles. The molecule has 0 bridgehead atoms. The highest BCUT2D eigenvalue weighted by Crippen LogP contribution is 2.21. The van der Waals surface area contributed by atoms with E-state index in [0.29, 0.717) is 12.2 Å². The lowest BCUT2D eigenvalue weighted by molar-refractivity contribution is 0.557. The lowest BCUT2D eigenvalue weighted by Crippen LogP contribution is -2.36. The zero-order valence-electron chi connectivity index (χ0n) is 10.3. The predicted octanol–water partition coefficient (Wildman–Crippen LogP) is 1.83. The van der Waals surface area contributed by atoms with E-state index in [9.17, 15) is 12.8 Å². The Balaban J connectivity index is 3.03. The van der Waals surface area contributed by atoms with Crippen LogP contribution >= 0.6 is 11.8 Å². The fourth-order valence-corrected chi connectivity index (χ4v) is 3.76. The third kappa shape index (κ3) is 3.60. The maximum atomic E-state index is 13.3. The summed E-state index contributed by atoms with van der Waals surface area (Å²) in [5, 5.41) is 0. The summed E-state index contributed by atoms with van der Waals surface area (Å²) in [6.07, 6.45) is 2.56. The van der Waals surface area contributed by atoms with Gasteiger partial charge in [-0.2, -0.15) is 11.8 Å². The van der Waals surface area contributed by atoms with Gasteiger partial charge in [-0.05, 0) is 24.8 Å². The summed E-state index contributed by atoms with van der Waals surface area (Å²) in [5.41, 5.74) is 5.12. The van der Waals surface area contributed by atoms with Gasteiger partial charge in [0.15, 0.2) is 0 Å². The van der Waals surface area contributed by atoms with Crippen LogP contribution in [0.3, 0.4) is 0 Å². The highest BCUT2D eigenvalue weighted by Gasteiger charge is 2.22. The molecule has 1 atom stereocenters. The van der Waals surface area contributed by atoms with Crippen LogP contribution in [0.4, 0.5) is 10.1 Å². The summed E-state index contributed by atoms with van der Waals surface area (Å²) in [4.78, 5) is -0.206. The van der Waals surface area contributed by atoms with Crippen LogP contribution in [0.15, 0.2) is 23.1 Å². The predicted molar refractivity (Wildman–Crippen MR) is 73.6 cm³/mol. The number of anilines is 1. The number of benzene rings is 1. The van der Waals surface area contributed by atoms with Gasteiger partial charge >= 0.3 is 0 Å². The van der Waals surface area contributed by atoms with Gasteiger partial charge in [-0.3, -0.25) is 0 Å². The molecule has 0 aliphatic heterocycles. The zero-order chi connectivity index (χ0) is 13.8. The largest absolute Gasteiger partial charge is 0.395 e. The molecule has 1 aromatic rings. The maximum Gasteiger partial charge on any atom is 0.243 e. The fraction of sp³-hybridized carbons (Fsp3) is 0.455. The third-order valence-electron chi connectivity index (χ3n) is 2.48. The Morgan fingerprint density at radius 2 is 2.17 bits per heavy atom. The van der Waals surface area contributed by atoms with Gasteiger partial charge in [0.25, 0.3) is 0 Å². The Kier molecular flexibility index (Phi) is 5.43. The molecule has 1 aromatic carbocycles. The molecule has 0 radical (unpaired) electrons. The van der Waals surface area contributed by atoms with Crippen LogP contribution in [0.25, 0.3) is 0 Å². The molecule has 0 saturated heterocycles. The van der Waals surface area contributed by atoms with Crippen molar-refractivity contribution in [3.8, 4) is 0 Å². The third-order valence-corrected chi connectivity index (χ3v) is 4.80. The first-order chi connectivity index (χ1) is 8.42. The van der Waals surface area contributed by atoms with E-state index >= 15 is 0 Å². The average molecular weight is 292 g/mol. The van der Waals surface area contributed by atoms with E-state index < -0.39 is 15.8 Å². The van der Waals surface area contributed by atoms with Gasteiger partial charge in [-0.15, -0.1) is 0 Å². The van der Waals surface area contributed by atoms with E-state index in [-0.39, 0.29) is 16.6 Å². The van der Waals surface area contributed by atoms with Gasteiger partial charge in [0.2, 0.25) is 10.0 Å². The van der Waals surface area contributed by atoms with Gasteiger partial charge in [-0.1, -0.05) is 13.0 Å². The van der Waals surface area contributed by atoms with Gasteiger partial charge in [0.05, 0.1) is 5.69 Å². The molecule has 0 amide bonds. The second-order valence-electron chi connectivity index (χ2n) is 3.83. The monoisotopic (exact) mass is 292 g/mol. The molecule has 1 rings (SSSR count). The van der Waals surface area contributed by atoms with E-state index in [2.05, 4.69) is 4.72 Å². The number of thioether (sulfide) groups is 1. The lowest BCUT2D eigenvalue weighted by Gasteiger charge is -2.16. The molecule has 102 valence electrons. The summed E-state index contributed by atoms with van der Waals surface area (Å²) in [7, 11) is -3.78. The van der Waals surface area contributed by atoms with Gasteiger partial charge in [0, 0.05) is 11.8 Å². The molecular formula is C11H17FN2O2S2. The Hall–Kier alpha value is -0.790. The summed E-state index contributed by atoms with van der Waals surface area (Å²) in [6.45, 7) is 1.89. The second kappa shape index (κ2) is 6.40. The Morgan fingerprint density at radius 1 is 1.50 bits per heavy atom. The smallest absolute Gasteiger partial charge is 0.243 e. The van der Waals surface area contributed by atoms with Crippen LogP contribution in [0.1, 0.15) is 13.3 Å². The molecule has 4 nitrogen and oxygen atoms in total. The summed E-state index contributed by atoms with van der Waals surface area (Å²) < 4.78 is 40.0. The minimum absolute atomic E-state index is 0.187. The number of para-hydroxylation sites is 1. The molecule has 0 spiro atoms. The molecule has 3 N–H and O–H groups in total. The molecule has 0 aliphatic rings. The number of rotatable bonds is 6. The Labute approximate surface area is 111 Å². The number of sulfonamides is 1. The highest BCUT2D eigenvalue weighted by molar-refractivity contribution is 7.98. The van der Waals surface area contributed by atoms with Crippen LogP contribution in [0.2, 0.25) is 0 Å². The van der Waals surface area contributed by atoms with Crippen molar-refractivity contribution < 1.29 is 12.8 Å². The first kappa shape index (κ1) is 15.3. The molecule has 0 fully saturated rings. The molecule has 1 unspecified atom stereocenters. The Bertz CT molecular complexity index is 506. The fourth-order valence-electron chi connectivity index (χ4n) is 1.47. The van der Waals surface area contributed by atoms with Gasteiger partial charge in [-0.25, -0.2) is 17.5 Å². The summed E-state index contributed by atoms with van der Waals surface area (Å²) >= 11 is 1.55. The van der Waals surface area contributed by atoms with E-state index in [1.807, 2.05) is 13.2 Å². The average Bonchev–Trinajstić information content (AvgIpc) is 2.31. The molecule has 0 aromatic heterocycles. The number of hydrogen-bond donors (Lipinski definition) is 2. The maximum absolute atomic E-state index is 13.3. The lowest BCUT2D eigenvalue weighted by atomic mass is 10.3. The SMILES string of the molecule is CCC(CSC)NS(=O)(=O)c1cccc(F)c1N. The Morgan fingerprint density at radius 3 is 2.72 bits per heavy atom. The molecule has 7 heteroatoms. The minimum Gasteiger partial charge on any atom is -0.395 e. The van der Waals surface area contributed by atoms with Crippen molar-refractivity contribution in [2.75, 3.05) is 17.7 Å². The minimum atomic E-state index is -3.78. The van der Waals surface area contributed by atoms with Crippen LogP contribution in [-0.4, -0.2) is 26.5 Å². The number of nitrogen functional groups attached to an aromatic ring is 1. The van der Waals surface area contributed by atoms with Crippen LogP contribution in [0.5, 0.6) is 0 Å². The number of nitrogens with two attached hydrogens (primary N) is 1. The van der Waals surface area contributed by atoms with Crippen molar-refractivity contribution in [2.45, 2.75) is 24.3 Å². The van der Waals surface area contributed by atoms with Gasteiger partial charge in [0.1, 0.15) is 10.7 Å². The highest BCUT2D eigenvalue weighted by atomic mass is 32.2. The molecular weight excluding hydrogens is 275 g/mol. The number of halogens is 1. The van der Waals surface area contributed by atoms with E-state index in [1.54, 1.807) is 11.8 Å². The van der Waals surface area contributed by atoms with Crippen molar-refractivity contribution in [1.29, 1.82) is 0 Å². The van der Waals surface area contributed by atoms with Crippen molar-refractivity contribution in [1.82, 2.24) is 4.72 Å².